The van der Waals surface area contributed by atoms with Crippen molar-refractivity contribution in [3.63, 3.8) is 0 Å². The average Bonchev–Trinajstić information content (AvgIpc) is 2.70. The van der Waals surface area contributed by atoms with E-state index in [1.165, 1.54) is 34.8 Å². The summed E-state index contributed by atoms with van der Waals surface area (Å²) in [5, 5.41) is 9.43. The molecule has 1 fully saturated rings. The second kappa shape index (κ2) is 7.96. The first-order valence-corrected chi connectivity index (χ1v) is 10.0. The molecule has 1 aliphatic heterocycles. The minimum atomic E-state index is -3.68. The molecular weight excluding hydrogens is 364 g/mol. The van der Waals surface area contributed by atoms with E-state index < -0.39 is 21.7 Å². The fraction of sp³-hybridized carbons (Fsp3) is 0.316. The summed E-state index contributed by atoms with van der Waals surface area (Å²) in [5.41, 5.74) is 0.528. The van der Waals surface area contributed by atoms with Gasteiger partial charge in [-0.2, -0.15) is 9.57 Å². The Hall–Kier alpha value is -2.60. The fourth-order valence-electron chi connectivity index (χ4n) is 2.96. The summed E-state index contributed by atoms with van der Waals surface area (Å²) in [7, 11) is -1.74. The zero-order valence-electron chi connectivity index (χ0n) is 14.9. The van der Waals surface area contributed by atoms with Crippen LogP contribution in [0.25, 0.3) is 0 Å². The molecule has 0 amide bonds. The number of rotatable bonds is 5. The lowest BCUT2D eigenvalue weighted by atomic mass is 9.95. The number of nitriles is 1. The normalized spacial score (nSPS) is 17.2. The van der Waals surface area contributed by atoms with Crippen LogP contribution in [0.1, 0.15) is 22.0 Å². The lowest BCUT2D eigenvalue weighted by molar-refractivity contribution is 0.0977. The van der Waals surface area contributed by atoms with Crippen molar-refractivity contribution in [2.24, 2.45) is 0 Å². The number of carbonyl (C=O) groups excluding carboxylic acids is 1. The van der Waals surface area contributed by atoms with Gasteiger partial charge in [-0.3, -0.25) is 9.78 Å². The summed E-state index contributed by atoms with van der Waals surface area (Å²) in [6.45, 7) is 2.14. The van der Waals surface area contributed by atoms with Crippen LogP contribution in [0.3, 0.4) is 0 Å². The molecule has 0 saturated carbocycles. The molecule has 3 rings (SSSR count). The Morgan fingerprint density at radius 1 is 1.15 bits per heavy atom. The van der Waals surface area contributed by atoms with Crippen LogP contribution in [-0.2, 0) is 10.0 Å². The largest absolute Gasteiger partial charge is 0.304 e. The maximum Gasteiger partial charge on any atom is 0.243 e. The van der Waals surface area contributed by atoms with E-state index in [0.717, 1.165) is 0 Å². The molecular formula is C19H20N4O3S. The van der Waals surface area contributed by atoms with E-state index >= 15 is 0 Å². The van der Waals surface area contributed by atoms with Crippen molar-refractivity contribution in [3.8, 4) is 6.07 Å². The van der Waals surface area contributed by atoms with Crippen LogP contribution in [0.15, 0.2) is 53.6 Å². The van der Waals surface area contributed by atoms with Crippen molar-refractivity contribution in [1.29, 1.82) is 5.26 Å². The molecule has 0 bridgehead atoms. The summed E-state index contributed by atoms with van der Waals surface area (Å²) in [6.07, 6.45) is 1.52. The molecule has 1 aromatic heterocycles. The van der Waals surface area contributed by atoms with Gasteiger partial charge in [-0.05, 0) is 31.3 Å². The van der Waals surface area contributed by atoms with Crippen LogP contribution in [-0.4, -0.2) is 61.6 Å². The van der Waals surface area contributed by atoms with Gasteiger partial charge < -0.3 is 4.90 Å². The lowest BCUT2D eigenvalue weighted by Gasteiger charge is -2.31. The number of likely N-dealkylation sites (N-methyl/N-ethyl adjacent to an activating group) is 1. The number of sulfonamides is 1. The van der Waals surface area contributed by atoms with Gasteiger partial charge in [-0.15, -0.1) is 0 Å². The Kier molecular flexibility index (Phi) is 5.65. The third-order valence-electron chi connectivity index (χ3n) is 4.59. The Balaban J connectivity index is 1.89. The van der Waals surface area contributed by atoms with Gasteiger partial charge in [0.25, 0.3) is 0 Å². The first kappa shape index (κ1) is 19.2. The molecule has 1 aromatic carbocycles. The van der Waals surface area contributed by atoms with Crippen molar-refractivity contribution in [2.45, 2.75) is 10.8 Å². The van der Waals surface area contributed by atoms with E-state index in [2.05, 4.69) is 9.88 Å². The molecule has 2 heterocycles. The highest BCUT2D eigenvalue weighted by Crippen LogP contribution is 2.23. The number of piperazine rings is 1. The molecule has 0 radical (unpaired) electrons. The molecule has 140 valence electrons. The smallest absolute Gasteiger partial charge is 0.243 e. The number of carbonyl (C=O) groups is 1. The van der Waals surface area contributed by atoms with E-state index in [-0.39, 0.29) is 10.5 Å². The number of ketones is 1. The molecule has 1 atom stereocenters. The summed E-state index contributed by atoms with van der Waals surface area (Å²) >= 11 is 0. The van der Waals surface area contributed by atoms with Gasteiger partial charge in [0.1, 0.15) is 0 Å². The van der Waals surface area contributed by atoms with Crippen LogP contribution < -0.4 is 0 Å². The minimum Gasteiger partial charge on any atom is -0.304 e. The monoisotopic (exact) mass is 384 g/mol. The number of hydrogen-bond donors (Lipinski definition) is 0. The topological polar surface area (TPSA) is 94.4 Å². The van der Waals surface area contributed by atoms with Crippen molar-refractivity contribution in [2.75, 3.05) is 33.2 Å². The molecule has 2 aromatic rings. The Morgan fingerprint density at radius 3 is 2.52 bits per heavy atom. The number of Topliss-reactive ketones (excluding diaryl/α,β-unsaturated/α-hetero) is 1. The molecule has 1 saturated heterocycles. The van der Waals surface area contributed by atoms with E-state index in [1.807, 2.05) is 13.1 Å². The van der Waals surface area contributed by atoms with Gasteiger partial charge in [0, 0.05) is 37.9 Å². The summed E-state index contributed by atoms with van der Waals surface area (Å²) in [5.74, 6) is -1.54. The van der Waals surface area contributed by atoms with Crippen LogP contribution in [0.5, 0.6) is 0 Å². The summed E-state index contributed by atoms with van der Waals surface area (Å²) < 4.78 is 27.2. The molecule has 1 unspecified atom stereocenters. The molecule has 8 heteroatoms. The first-order valence-electron chi connectivity index (χ1n) is 8.57. The van der Waals surface area contributed by atoms with Crippen LogP contribution >= 0.6 is 0 Å². The lowest BCUT2D eigenvalue weighted by Crippen LogP contribution is -2.47. The highest BCUT2D eigenvalue weighted by molar-refractivity contribution is 7.89. The van der Waals surface area contributed by atoms with E-state index in [1.54, 1.807) is 18.2 Å². The fourth-order valence-corrected chi connectivity index (χ4v) is 4.43. The SMILES string of the molecule is CN1CCN(S(=O)(=O)c2cccc(C(=O)C(C#N)c3ccccn3)c2)CC1. The molecule has 7 nitrogen and oxygen atoms in total. The quantitative estimate of drug-likeness (QED) is 0.725. The van der Waals surface area contributed by atoms with Crippen molar-refractivity contribution in [3.05, 3.63) is 59.9 Å². The molecule has 1 aliphatic rings. The van der Waals surface area contributed by atoms with E-state index in [9.17, 15) is 18.5 Å². The number of nitrogens with zero attached hydrogens (tertiary/aromatic N) is 4. The van der Waals surface area contributed by atoms with Gasteiger partial charge in [-0.25, -0.2) is 8.42 Å². The second-order valence-electron chi connectivity index (χ2n) is 6.42. The molecule has 0 N–H and O–H groups in total. The van der Waals surface area contributed by atoms with E-state index in [4.69, 9.17) is 0 Å². The Morgan fingerprint density at radius 2 is 1.89 bits per heavy atom. The van der Waals surface area contributed by atoms with Gasteiger partial charge in [-0.1, -0.05) is 18.2 Å². The standard InChI is InChI=1S/C19H20N4O3S/c1-22-9-11-23(12-10-22)27(25,26)16-6-4-5-15(13-16)19(24)17(14-20)18-7-2-3-8-21-18/h2-8,13,17H,9-12H2,1H3. The van der Waals surface area contributed by atoms with Gasteiger partial charge in [0.15, 0.2) is 11.7 Å². The zero-order chi connectivity index (χ0) is 19.4. The average molecular weight is 384 g/mol. The maximum atomic E-state index is 12.9. The van der Waals surface area contributed by atoms with Gasteiger partial charge in [0.05, 0.1) is 16.7 Å². The predicted molar refractivity (Wildman–Crippen MR) is 99.6 cm³/mol. The van der Waals surface area contributed by atoms with Crippen molar-refractivity contribution >= 4 is 15.8 Å². The Labute approximate surface area is 158 Å². The maximum absolute atomic E-state index is 12.9. The van der Waals surface area contributed by atoms with Crippen LogP contribution in [0.4, 0.5) is 0 Å². The van der Waals surface area contributed by atoms with Crippen molar-refractivity contribution < 1.29 is 13.2 Å². The number of benzene rings is 1. The summed E-state index contributed by atoms with van der Waals surface area (Å²) in [4.78, 5) is 19.0. The van der Waals surface area contributed by atoms with Crippen LogP contribution in [0.2, 0.25) is 0 Å². The summed E-state index contributed by atoms with van der Waals surface area (Å²) in [6, 6.07) is 12.9. The zero-order valence-corrected chi connectivity index (χ0v) is 15.8. The molecule has 0 spiro atoms. The van der Waals surface area contributed by atoms with E-state index in [0.29, 0.717) is 31.9 Å². The predicted octanol–water partition coefficient (Wildman–Crippen LogP) is 1.51. The highest BCUT2D eigenvalue weighted by atomic mass is 32.2. The minimum absolute atomic E-state index is 0.0654. The highest BCUT2D eigenvalue weighted by Gasteiger charge is 2.29. The van der Waals surface area contributed by atoms with Crippen molar-refractivity contribution in [1.82, 2.24) is 14.2 Å². The second-order valence-corrected chi connectivity index (χ2v) is 8.35. The molecule has 0 aliphatic carbocycles. The molecule has 27 heavy (non-hydrogen) atoms. The van der Waals surface area contributed by atoms with Gasteiger partial charge in [0.2, 0.25) is 10.0 Å². The van der Waals surface area contributed by atoms with Gasteiger partial charge >= 0.3 is 0 Å². The number of pyridine rings is 1. The third-order valence-corrected chi connectivity index (χ3v) is 6.49. The first-order chi connectivity index (χ1) is 12.9. The third kappa shape index (κ3) is 4.06. The number of aromatic nitrogens is 1. The van der Waals surface area contributed by atoms with Crippen LogP contribution in [0, 0.1) is 11.3 Å². The number of hydrogen-bond acceptors (Lipinski definition) is 6. The Bertz CT molecular complexity index is 962.